The summed E-state index contributed by atoms with van der Waals surface area (Å²) in [6.07, 6.45) is 1.76. The number of aryl methyl sites for hydroxylation is 2. The summed E-state index contributed by atoms with van der Waals surface area (Å²) in [6, 6.07) is 7.97. The highest BCUT2D eigenvalue weighted by molar-refractivity contribution is 7.15. The number of nitrogens with one attached hydrogen (secondary N) is 2. The largest absolute Gasteiger partial charge is 0.344 e. The first-order valence-electron chi connectivity index (χ1n) is 7.63. The number of nitrogens with zero attached hydrogens (tertiary/aromatic N) is 1. The highest BCUT2D eigenvalue weighted by atomic mass is 32.1. The first-order valence-corrected chi connectivity index (χ1v) is 8.45. The molecule has 2 N–H and O–H groups in total. The summed E-state index contributed by atoms with van der Waals surface area (Å²) in [5, 5.41) is 6.07. The maximum atomic E-state index is 12.1. The summed E-state index contributed by atoms with van der Waals surface area (Å²) in [6.45, 7) is 4.02. The molecule has 0 radical (unpaired) electrons. The van der Waals surface area contributed by atoms with Crippen LogP contribution in [-0.2, 0) is 16.0 Å². The van der Waals surface area contributed by atoms with Crippen molar-refractivity contribution in [2.24, 2.45) is 0 Å². The van der Waals surface area contributed by atoms with Gasteiger partial charge in [-0.25, -0.2) is 4.98 Å². The molecule has 2 aromatic rings. The molecule has 1 saturated heterocycles. The summed E-state index contributed by atoms with van der Waals surface area (Å²) >= 11 is 1.49. The lowest BCUT2D eigenvalue weighted by Crippen LogP contribution is -2.37. The number of hydrogen-bond acceptors (Lipinski definition) is 4. The Balaban J connectivity index is 1.67. The van der Waals surface area contributed by atoms with Gasteiger partial charge in [-0.1, -0.05) is 29.8 Å². The van der Waals surface area contributed by atoms with E-state index in [1.165, 1.54) is 22.5 Å². The average molecular weight is 329 g/mol. The minimum Gasteiger partial charge on any atom is -0.344 e. The maximum absolute atomic E-state index is 12.1. The predicted molar refractivity (Wildman–Crippen MR) is 90.6 cm³/mol. The van der Waals surface area contributed by atoms with Crippen molar-refractivity contribution in [2.45, 2.75) is 39.2 Å². The van der Waals surface area contributed by atoms with E-state index in [2.05, 4.69) is 46.8 Å². The van der Waals surface area contributed by atoms with Gasteiger partial charge in [-0.05, 0) is 25.8 Å². The third-order valence-electron chi connectivity index (χ3n) is 3.92. The van der Waals surface area contributed by atoms with Crippen molar-refractivity contribution >= 4 is 28.3 Å². The van der Waals surface area contributed by atoms with Gasteiger partial charge in [0.25, 0.3) is 0 Å². The van der Waals surface area contributed by atoms with Crippen LogP contribution in [0.3, 0.4) is 0 Å². The topological polar surface area (TPSA) is 71.1 Å². The van der Waals surface area contributed by atoms with Gasteiger partial charge < -0.3 is 10.6 Å². The molecule has 1 aliphatic heterocycles. The van der Waals surface area contributed by atoms with Gasteiger partial charge in [0.05, 0.1) is 5.69 Å². The third-order valence-corrected chi connectivity index (χ3v) is 4.99. The minimum absolute atomic E-state index is 0.0690. The van der Waals surface area contributed by atoms with E-state index < -0.39 is 6.04 Å². The smallest absolute Gasteiger partial charge is 0.248 e. The molecule has 6 heteroatoms. The van der Waals surface area contributed by atoms with Gasteiger partial charge in [0.2, 0.25) is 11.8 Å². The van der Waals surface area contributed by atoms with Crippen molar-refractivity contribution in [1.82, 2.24) is 10.3 Å². The minimum atomic E-state index is -0.438. The Morgan fingerprint density at radius 1 is 1.35 bits per heavy atom. The molecule has 0 aliphatic carbocycles. The Labute approximate surface area is 139 Å². The Bertz CT molecular complexity index is 737. The van der Waals surface area contributed by atoms with Crippen LogP contribution in [0.5, 0.6) is 0 Å². The van der Waals surface area contributed by atoms with E-state index >= 15 is 0 Å². The van der Waals surface area contributed by atoms with Crippen molar-refractivity contribution in [1.29, 1.82) is 0 Å². The molecule has 2 amide bonds. The van der Waals surface area contributed by atoms with Crippen molar-refractivity contribution in [3.8, 4) is 0 Å². The van der Waals surface area contributed by atoms with E-state index in [9.17, 15) is 9.59 Å². The van der Waals surface area contributed by atoms with Gasteiger partial charge in [0, 0.05) is 17.7 Å². The standard InChI is InChI=1S/C17H19N3O2S/c1-10-3-5-12(6-4-10)9-14-11(2)18-17(23-14)20-16(22)13-7-8-15(21)19-13/h3-6,13H,7-9H2,1-2H3,(H,19,21)(H,18,20,22)/t13-/m1/s1. The Morgan fingerprint density at radius 3 is 2.74 bits per heavy atom. The van der Waals surface area contributed by atoms with Crippen LogP contribution in [0.15, 0.2) is 24.3 Å². The van der Waals surface area contributed by atoms with Gasteiger partial charge in [0.15, 0.2) is 5.13 Å². The van der Waals surface area contributed by atoms with Gasteiger partial charge in [0.1, 0.15) is 6.04 Å². The predicted octanol–water partition coefficient (Wildman–Crippen LogP) is 2.57. The van der Waals surface area contributed by atoms with Gasteiger partial charge >= 0.3 is 0 Å². The molecule has 1 aliphatic rings. The molecule has 3 rings (SSSR count). The zero-order chi connectivity index (χ0) is 16.4. The van der Waals surface area contributed by atoms with Crippen LogP contribution < -0.4 is 10.6 Å². The molecular weight excluding hydrogens is 310 g/mol. The van der Waals surface area contributed by atoms with Gasteiger partial charge in [-0.2, -0.15) is 0 Å². The lowest BCUT2D eigenvalue weighted by atomic mass is 10.1. The van der Waals surface area contributed by atoms with Crippen LogP contribution >= 0.6 is 11.3 Å². The van der Waals surface area contributed by atoms with Crippen molar-refractivity contribution in [3.05, 3.63) is 46.0 Å². The van der Waals surface area contributed by atoms with Crippen LogP contribution in [0.25, 0.3) is 0 Å². The van der Waals surface area contributed by atoms with E-state index in [1.807, 2.05) is 6.92 Å². The number of amides is 2. The maximum Gasteiger partial charge on any atom is 0.248 e. The number of rotatable bonds is 4. The Hall–Kier alpha value is -2.21. The molecule has 23 heavy (non-hydrogen) atoms. The fourth-order valence-electron chi connectivity index (χ4n) is 2.54. The molecule has 0 bridgehead atoms. The van der Waals surface area contributed by atoms with Crippen LogP contribution in [0.1, 0.15) is 34.5 Å². The van der Waals surface area contributed by atoms with Gasteiger partial charge in [-0.3, -0.25) is 9.59 Å². The number of carbonyl (C=O) groups excluding carboxylic acids is 2. The summed E-state index contributed by atoms with van der Waals surface area (Å²) < 4.78 is 0. The monoisotopic (exact) mass is 329 g/mol. The lowest BCUT2D eigenvalue weighted by Gasteiger charge is -2.08. The molecule has 1 aromatic heterocycles. The summed E-state index contributed by atoms with van der Waals surface area (Å²) in [7, 11) is 0. The van der Waals surface area contributed by atoms with Crippen LogP contribution in [0, 0.1) is 13.8 Å². The Kier molecular flexibility index (Phi) is 4.43. The molecule has 5 nitrogen and oxygen atoms in total. The molecule has 0 spiro atoms. The quantitative estimate of drug-likeness (QED) is 0.905. The molecule has 120 valence electrons. The molecule has 0 saturated carbocycles. The molecule has 2 heterocycles. The van der Waals surface area contributed by atoms with Crippen molar-refractivity contribution in [3.63, 3.8) is 0 Å². The van der Waals surface area contributed by atoms with Crippen molar-refractivity contribution in [2.75, 3.05) is 5.32 Å². The zero-order valence-electron chi connectivity index (χ0n) is 13.2. The molecule has 0 unspecified atom stereocenters. The second kappa shape index (κ2) is 6.50. The highest BCUT2D eigenvalue weighted by Crippen LogP contribution is 2.25. The summed E-state index contributed by atoms with van der Waals surface area (Å²) in [5.41, 5.74) is 3.39. The highest BCUT2D eigenvalue weighted by Gasteiger charge is 2.27. The SMILES string of the molecule is Cc1ccc(Cc2sc(NC(=O)[C@H]3CCC(=O)N3)nc2C)cc1. The van der Waals surface area contributed by atoms with E-state index in [4.69, 9.17) is 0 Å². The fourth-order valence-corrected chi connectivity index (χ4v) is 3.54. The van der Waals surface area contributed by atoms with E-state index in [1.54, 1.807) is 0 Å². The molecule has 1 fully saturated rings. The molecule has 1 atom stereocenters. The number of aromatic nitrogens is 1. The summed E-state index contributed by atoms with van der Waals surface area (Å²) in [4.78, 5) is 28.9. The molecular formula is C17H19N3O2S. The lowest BCUT2D eigenvalue weighted by molar-refractivity contribution is -0.122. The zero-order valence-corrected chi connectivity index (χ0v) is 14.0. The Morgan fingerprint density at radius 2 is 2.09 bits per heavy atom. The van der Waals surface area contributed by atoms with E-state index in [0.29, 0.717) is 18.0 Å². The van der Waals surface area contributed by atoms with Crippen molar-refractivity contribution < 1.29 is 9.59 Å². The van der Waals surface area contributed by atoms with Crippen LogP contribution in [0.4, 0.5) is 5.13 Å². The number of benzene rings is 1. The normalized spacial score (nSPS) is 17.1. The summed E-state index contributed by atoms with van der Waals surface area (Å²) in [5.74, 6) is -0.257. The van der Waals surface area contributed by atoms with Crippen LogP contribution in [-0.4, -0.2) is 22.8 Å². The van der Waals surface area contributed by atoms with Gasteiger partial charge in [-0.15, -0.1) is 11.3 Å². The first-order chi connectivity index (χ1) is 11.0. The number of carbonyl (C=O) groups is 2. The second-order valence-corrected chi connectivity index (χ2v) is 6.92. The fraction of sp³-hybridized carbons (Fsp3) is 0.353. The average Bonchev–Trinajstić information content (AvgIpc) is 3.08. The number of thiazole rings is 1. The number of hydrogen-bond donors (Lipinski definition) is 2. The molecule has 1 aromatic carbocycles. The second-order valence-electron chi connectivity index (χ2n) is 5.84. The van der Waals surface area contributed by atoms with Crippen LogP contribution in [0.2, 0.25) is 0 Å². The number of anilines is 1. The van der Waals surface area contributed by atoms with E-state index in [-0.39, 0.29) is 11.8 Å². The third kappa shape index (κ3) is 3.76. The van der Waals surface area contributed by atoms with E-state index in [0.717, 1.165) is 17.0 Å². The first kappa shape index (κ1) is 15.7.